The van der Waals surface area contributed by atoms with Gasteiger partial charge >= 0.3 is 0 Å². The fourth-order valence-corrected chi connectivity index (χ4v) is 5.61. The smallest absolute Gasteiger partial charge is 0.257 e. The largest absolute Gasteiger partial charge is 0.368 e. The summed E-state index contributed by atoms with van der Waals surface area (Å²) in [5.74, 6) is -0.307. The van der Waals surface area contributed by atoms with Gasteiger partial charge in [-0.1, -0.05) is 0 Å². The zero-order valence-corrected chi connectivity index (χ0v) is 19.9. The summed E-state index contributed by atoms with van der Waals surface area (Å²) >= 11 is 0. The van der Waals surface area contributed by atoms with E-state index >= 15 is 0 Å². The normalized spacial score (nSPS) is 20.1. The quantitative estimate of drug-likeness (QED) is 0.640. The molecule has 0 spiro atoms. The Morgan fingerprint density at radius 2 is 1.62 bits per heavy atom. The molecule has 0 atom stereocenters. The van der Waals surface area contributed by atoms with Gasteiger partial charge in [-0.15, -0.1) is 0 Å². The third-order valence-electron chi connectivity index (χ3n) is 6.86. The van der Waals surface area contributed by atoms with E-state index < -0.39 is 15.8 Å². The number of carbonyl (C=O) groups excluding carboxylic acids is 2. The van der Waals surface area contributed by atoms with Crippen LogP contribution in [0.3, 0.4) is 0 Å². The predicted octanol–water partition coefficient (Wildman–Crippen LogP) is 1.15. The van der Waals surface area contributed by atoms with Gasteiger partial charge < -0.3 is 14.7 Å². The maximum absolute atomic E-state index is 14.2. The summed E-state index contributed by atoms with van der Waals surface area (Å²) in [5, 5.41) is 0.529. The number of fused-ring (bicyclic) bond motifs is 1. The van der Waals surface area contributed by atoms with Crippen LogP contribution in [0.5, 0.6) is 0 Å². The second kappa shape index (κ2) is 8.77. The molecule has 2 amide bonds. The molecule has 0 N–H and O–H groups in total. The number of nitrogens with zero attached hydrogens (tertiary/aromatic N) is 5. The summed E-state index contributed by atoms with van der Waals surface area (Å²) in [6.07, 6.45) is 4.62. The molecule has 3 fully saturated rings. The second-order valence-corrected chi connectivity index (χ2v) is 11.2. The number of carbonyl (C=O) groups is 2. The average Bonchev–Trinajstić information content (AvgIpc) is 3.67. The molecule has 1 aliphatic carbocycles. The number of piperazine rings is 2. The summed E-state index contributed by atoms with van der Waals surface area (Å²) in [5.41, 5.74) is 1.52. The van der Waals surface area contributed by atoms with E-state index in [0.717, 1.165) is 12.8 Å². The van der Waals surface area contributed by atoms with E-state index in [1.54, 1.807) is 11.0 Å². The lowest BCUT2D eigenvalue weighted by molar-refractivity contribution is -0.134. The first-order chi connectivity index (χ1) is 16.2. The number of pyridine rings is 1. The van der Waals surface area contributed by atoms with Gasteiger partial charge in [0.2, 0.25) is 15.9 Å². The molecule has 0 radical (unpaired) electrons. The molecule has 1 aromatic carbocycles. The maximum Gasteiger partial charge on any atom is 0.257 e. The van der Waals surface area contributed by atoms with Gasteiger partial charge in [0.15, 0.2) is 0 Å². The van der Waals surface area contributed by atoms with Gasteiger partial charge in [0.25, 0.3) is 5.91 Å². The van der Waals surface area contributed by atoms with Crippen LogP contribution in [-0.4, -0.2) is 97.9 Å². The number of hydrogen-bond donors (Lipinski definition) is 0. The van der Waals surface area contributed by atoms with Crippen molar-refractivity contribution in [2.24, 2.45) is 5.92 Å². The molecule has 2 aliphatic heterocycles. The minimum atomic E-state index is -3.31. The summed E-state index contributed by atoms with van der Waals surface area (Å²) in [7, 11) is -3.31. The summed E-state index contributed by atoms with van der Waals surface area (Å²) in [4.78, 5) is 35.9. The van der Waals surface area contributed by atoms with E-state index in [0.29, 0.717) is 61.4 Å². The van der Waals surface area contributed by atoms with E-state index in [1.807, 2.05) is 9.80 Å². The number of halogens is 1. The molecule has 1 aromatic heterocycles. The number of rotatable bonds is 4. The van der Waals surface area contributed by atoms with Crippen molar-refractivity contribution >= 4 is 38.4 Å². The van der Waals surface area contributed by atoms with Crippen LogP contribution >= 0.6 is 0 Å². The molecule has 2 saturated heterocycles. The van der Waals surface area contributed by atoms with Gasteiger partial charge in [-0.3, -0.25) is 14.6 Å². The van der Waals surface area contributed by atoms with Crippen molar-refractivity contribution in [1.29, 1.82) is 0 Å². The van der Waals surface area contributed by atoms with Crippen molar-refractivity contribution in [3.05, 3.63) is 35.8 Å². The third kappa shape index (κ3) is 4.46. The Balaban J connectivity index is 1.43. The highest BCUT2D eigenvalue weighted by atomic mass is 32.2. The van der Waals surface area contributed by atoms with Crippen LogP contribution in [0.25, 0.3) is 10.9 Å². The molecule has 9 nitrogen and oxygen atoms in total. The second-order valence-electron chi connectivity index (χ2n) is 9.22. The molecule has 0 unspecified atom stereocenters. The van der Waals surface area contributed by atoms with Gasteiger partial charge in [0.1, 0.15) is 5.82 Å². The summed E-state index contributed by atoms with van der Waals surface area (Å²) in [6, 6.07) is 4.29. The van der Waals surface area contributed by atoms with Crippen LogP contribution in [0.15, 0.2) is 24.4 Å². The fourth-order valence-electron chi connectivity index (χ4n) is 4.78. The molecule has 1 saturated carbocycles. The number of hydrogen-bond acceptors (Lipinski definition) is 6. The first-order valence-corrected chi connectivity index (χ1v) is 13.4. The van der Waals surface area contributed by atoms with Crippen molar-refractivity contribution < 1.29 is 22.4 Å². The van der Waals surface area contributed by atoms with Crippen molar-refractivity contribution in [2.45, 2.75) is 12.8 Å². The molecule has 3 heterocycles. The van der Waals surface area contributed by atoms with Crippen LogP contribution in [0.1, 0.15) is 23.2 Å². The molecular weight excluding hydrogens is 461 g/mol. The van der Waals surface area contributed by atoms with E-state index in [9.17, 15) is 22.4 Å². The van der Waals surface area contributed by atoms with Gasteiger partial charge in [-0.25, -0.2) is 12.8 Å². The Bertz CT molecular complexity index is 1230. The standard InChI is InChI=1S/C23H28FN5O4S/c1-34(32,33)29-12-10-26(11-13-29)21-18-14-17(24)4-5-20(18)25-15-19(21)23(31)28-8-6-27(7-9-28)22(30)16-2-3-16/h4-5,14-16H,2-3,6-13H2,1H3. The first-order valence-electron chi connectivity index (χ1n) is 11.6. The van der Waals surface area contributed by atoms with Crippen LogP contribution in [0, 0.1) is 11.7 Å². The summed E-state index contributed by atoms with van der Waals surface area (Å²) < 4.78 is 39.5. The molecule has 34 heavy (non-hydrogen) atoms. The number of aromatic nitrogens is 1. The lowest BCUT2D eigenvalue weighted by Gasteiger charge is -2.38. The highest BCUT2D eigenvalue weighted by Crippen LogP contribution is 2.33. The molecule has 2 aromatic rings. The zero-order chi connectivity index (χ0) is 24.0. The minimum absolute atomic E-state index is 0.152. The molecule has 0 bridgehead atoms. The highest BCUT2D eigenvalue weighted by molar-refractivity contribution is 7.88. The highest BCUT2D eigenvalue weighted by Gasteiger charge is 2.36. The van der Waals surface area contributed by atoms with E-state index in [2.05, 4.69) is 4.98 Å². The maximum atomic E-state index is 14.2. The van der Waals surface area contributed by atoms with Gasteiger partial charge in [-0.05, 0) is 31.0 Å². The van der Waals surface area contributed by atoms with Gasteiger partial charge in [0.05, 0.1) is 23.0 Å². The molecule has 182 valence electrons. The van der Waals surface area contributed by atoms with Crippen LogP contribution in [0.4, 0.5) is 10.1 Å². The Kier molecular flexibility index (Phi) is 5.93. The molecule has 11 heteroatoms. The number of amides is 2. The molecule has 5 rings (SSSR count). The zero-order valence-electron chi connectivity index (χ0n) is 19.1. The van der Waals surface area contributed by atoms with Crippen molar-refractivity contribution in [3.63, 3.8) is 0 Å². The van der Waals surface area contributed by atoms with E-state index in [1.165, 1.54) is 28.9 Å². The molecule has 3 aliphatic rings. The molecular formula is C23H28FN5O4S. The van der Waals surface area contributed by atoms with Crippen LogP contribution in [-0.2, 0) is 14.8 Å². The SMILES string of the molecule is CS(=O)(=O)N1CCN(c2c(C(=O)N3CCN(C(=O)C4CC4)CC3)cnc3ccc(F)cc23)CC1. The van der Waals surface area contributed by atoms with Crippen molar-refractivity contribution in [2.75, 3.05) is 63.5 Å². The number of anilines is 1. The Morgan fingerprint density at radius 3 is 2.24 bits per heavy atom. The number of benzene rings is 1. The lowest BCUT2D eigenvalue weighted by atomic mass is 10.1. The Hall–Kier alpha value is -2.79. The average molecular weight is 490 g/mol. The van der Waals surface area contributed by atoms with E-state index in [-0.39, 0.29) is 30.8 Å². The van der Waals surface area contributed by atoms with Crippen molar-refractivity contribution in [1.82, 2.24) is 19.1 Å². The van der Waals surface area contributed by atoms with E-state index in [4.69, 9.17) is 0 Å². The van der Waals surface area contributed by atoms with Gasteiger partial charge in [-0.2, -0.15) is 4.31 Å². The van der Waals surface area contributed by atoms with Crippen LogP contribution in [0.2, 0.25) is 0 Å². The van der Waals surface area contributed by atoms with Gasteiger partial charge in [0, 0.05) is 69.9 Å². The fraction of sp³-hybridized carbons (Fsp3) is 0.522. The topological polar surface area (TPSA) is 94.1 Å². The number of sulfonamides is 1. The Labute approximate surface area is 198 Å². The Morgan fingerprint density at radius 1 is 0.971 bits per heavy atom. The summed E-state index contributed by atoms with van der Waals surface area (Å²) in [6.45, 7) is 3.19. The first kappa shape index (κ1) is 23.0. The lowest BCUT2D eigenvalue weighted by Crippen LogP contribution is -2.51. The monoisotopic (exact) mass is 489 g/mol. The van der Waals surface area contributed by atoms with Crippen LogP contribution < -0.4 is 4.90 Å². The minimum Gasteiger partial charge on any atom is -0.368 e. The predicted molar refractivity (Wildman–Crippen MR) is 126 cm³/mol. The third-order valence-corrected chi connectivity index (χ3v) is 8.16. The van der Waals surface area contributed by atoms with Crippen molar-refractivity contribution in [3.8, 4) is 0 Å².